The predicted octanol–water partition coefficient (Wildman–Crippen LogP) is 6.35. The number of hydrogen-bond acceptors (Lipinski definition) is 5. The van der Waals surface area contributed by atoms with Crippen LogP contribution in [0.3, 0.4) is 0 Å². The van der Waals surface area contributed by atoms with Gasteiger partial charge in [0.1, 0.15) is 17.6 Å². The molecule has 0 saturated carbocycles. The lowest BCUT2D eigenvalue weighted by Crippen LogP contribution is -2.33. The quantitative estimate of drug-likeness (QED) is 0.349. The van der Waals surface area contributed by atoms with Gasteiger partial charge in [-0.15, -0.1) is 5.10 Å². The van der Waals surface area contributed by atoms with Crippen LogP contribution in [0.5, 0.6) is 5.75 Å². The summed E-state index contributed by atoms with van der Waals surface area (Å²) in [5, 5.41) is 9.32. The summed E-state index contributed by atoms with van der Waals surface area (Å²) in [5.74, 6) is 0.958. The number of anilines is 1. The first-order chi connectivity index (χ1) is 16.2. The number of halogens is 2. The molecule has 0 spiro atoms. The van der Waals surface area contributed by atoms with Crippen molar-refractivity contribution >= 4 is 35.0 Å². The first-order valence-electron chi connectivity index (χ1n) is 10.4. The molecule has 0 bridgehead atoms. The van der Waals surface area contributed by atoms with Crippen molar-refractivity contribution in [1.82, 2.24) is 14.8 Å². The summed E-state index contributed by atoms with van der Waals surface area (Å²) in [5.41, 5.74) is 3.85. The summed E-state index contributed by atoms with van der Waals surface area (Å²) in [6.45, 7) is 0. The first kappa shape index (κ1) is 20.3. The topological polar surface area (TPSA) is 52.0 Å². The third-order valence-electron chi connectivity index (χ3n) is 5.93. The van der Waals surface area contributed by atoms with Gasteiger partial charge in [-0.05, 0) is 30.5 Å². The Labute approximate surface area is 199 Å². The molecule has 1 N–H and O–H groups in total. The molecule has 33 heavy (non-hydrogen) atoms. The van der Waals surface area contributed by atoms with E-state index >= 15 is 4.39 Å². The molecule has 1 aromatic heterocycles. The van der Waals surface area contributed by atoms with Crippen LogP contribution in [0, 0.1) is 5.82 Å². The lowest BCUT2D eigenvalue weighted by Gasteiger charge is -2.39. The van der Waals surface area contributed by atoms with Crippen LogP contribution in [0.25, 0.3) is 5.70 Å². The second-order valence-corrected chi connectivity index (χ2v) is 8.94. The van der Waals surface area contributed by atoms with E-state index in [-0.39, 0.29) is 5.82 Å². The van der Waals surface area contributed by atoms with Crippen molar-refractivity contribution in [3.63, 3.8) is 0 Å². The minimum atomic E-state index is -0.569. The minimum absolute atomic E-state index is 0.319. The molecule has 3 heterocycles. The average Bonchev–Trinajstić information content (AvgIpc) is 3.26. The van der Waals surface area contributed by atoms with E-state index in [4.69, 9.17) is 16.3 Å². The number of benzene rings is 3. The summed E-state index contributed by atoms with van der Waals surface area (Å²) < 4.78 is 23.5. The van der Waals surface area contributed by atoms with Crippen LogP contribution in [0.2, 0.25) is 5.02 Å². The first-order valence-corrected chi connectivity index (χ1v) is 12.0. The smallest absolute Gasteiger partial charge is 0.227 e. The Morgan fingerprint density at radius 3 is 2.52 bits per heavy atom. The molecule has 0 radical (unpaired) electrons. The lowest BCUT2D eigenvalue weighted by atomic mass is 9.84. The van der Waals surface area contributed by atoms with Gasteiger partial charge < -0.3 is 10.1 Å². The number of fused-ring (bicyclic) bond motifs is 3. The van der Waals surface area contributed by atoms with Crippen molar-refractivity contribution in [3.05, 3.63) is 106 Å². The molecular weight excluding hydrogens is 459 g/mol. The summed E-state index contributed by atoms with van der Waals surface area (Å²) in [7, 11) is 0. The van der Waals surface area contributed by atoms with Crippen LogP contribution >= 0.6 is 23.4 Å². The SMILES string of the molecule is CSc1nc2n(n1)[C@@H](c1ccccc1F)C1=C(N2)c2ccccc2O[C@H]1c1ccccc1Cl. The van der Waals surface area contributed by atoms with E-state index < -0.39 is 12.1 Å². The molecule has 2 aliphatic rings. The normalized spacial score (nSPS) is 18.6. The molecule has 8 heteroatoms. The van der Waals surface area contributed by atoms with Gasteiger partial charge >= 0.3 is 0 Å². The number of ether oxygens (including phenoxy) is 1. The van der Waals surface area contributed by atoms with Gasteiger partial charge in [-0.1, -0.05) is 71.9 Å². The molecule has 2 aliphatic heterocycles. The highest BCUT2D eigenvalue weighted by molar-refractivity contribution is 7.98. The highest BCUT2D eigenvalue weighted by atomic mass is 35.5. The van der Waals surface area contributed by atoms with E-state index in [1.165, 1.54) is 17.8 Å². The van der Waals surface area contributed by atoms with Crippen molar-refractivity contribution < 1.29 is 9.13 Å². The van der Waals surface area contributed by atoms with Crippen molar-refractivity contribution in [3.8, 4) is 5.75 Å². The van der Waals surface area contributed by atoms with Gasteiger partial charge in [0, 0.05) is 27.3 Å². The second-order valence-electron chi connectivity index (χ2n) is 7.76. The molecule has 4 aromatic rings. The summed E-state index contributed by atoms with van der Waals surface area (Å²) in [6, 6.07) is 21.6. The molecule has 2 atom stereocenters. The standard InChI is InChI=1S/C25H18ClFN4OS/c1-33-25-29-24-28-21-16-10-4-7-13-19(16)32-23(14-8-2-5-11-17(14)26)20(21)22(31(24)30-25)15-9-3-6-12-18(15)27/h2-13,22-23H,1H3,(H,28,29,30)/t22-,23-/m0/s1. The number of aromatic nitrogens is 3. The highest BCUT2D eigenvalue weighted by Crippen LogP contribution is 2.51. The van der Waals surface area contributed by atoms with Gasteiger partial charge in [0.05, 0.1) is 5.70 Å². The van der Waals surface area contributed by atoms with Crippen LogP contribution in [0.1, 0.15) is 28.8 Å². The van der Waals surface area contributed by atoms with Crippen molar-refractivity contribution in [2.45, 2.75) is 17.3 Å². The van der Waals surface area contributed by atoms with E-state index in [9.17, 15) is 0 Å². The molecule has 5 nitrogen and oxygen atoms in total. The van der Waals surface area contributed by atoms with E-state index in [1.807, 2.05) is 60.9 Å². The Morgan fingerprint density at radius 1 is 1.00 bits per heavy atom. The monoisotopic (exact) mass is 476 g/mol. The molecule has 3 aromatic carbocycles. The fourth-order valence-electron chi connectivity index (χ4n) is 4.49. The van der Waals surface area contributed by atoms with Crippen LogP contribution in [-0.4, -0.2) is 21.0 Å². The van der Waals surface area contributed by atoms with Crippen molar-refractivity contribution in [1.29, 1.82) is 0 Å². The molecule has 6 rings (SSSR count). The Kier molecular flexibility index (Phi) is 4.89. The van der Waals surface area contributed by atoms with Crippen LogP contribution in [0.15, 0.2) is 83.5 Å². The average molecular weight is 477 g/mol. The molecule has 164 valence electrons. The fourth-order valence-corrected chi connectivity index (χ4v) is 5.07. The fraction of sp³-hybridized carbons (Fsp3) is 0.120. The Balaban J connectivity index is 1.67. The maximum absolute atomic E-state index is 15.2. The number of hydrogen-bond donors (Lipinski definition) is 1. The van der Waals surface area contributed by atoms with Gasteiger partial charge in [0.25, 0.3) is 0 Å². The molecule has 0 amide bonds. The van der Waals surface area contributed by atoms with Gasteiger partial charge in [-0.2, -0.15) is 4.98 Å². The number of rotatable bonds is 3. The zero-order valence-electron chi connectivity index (χ0n) is 17.5. The summed E-state index contributed by atoms with van der Waals surface area (Å²) >= 11 is 8.07. The molecule has 0 saturated heterocycles. The van der Waals surface area contributed by atoms with Crippen LogP contribution in [0.4, 0.5) is 10.3 Å². The summed E-state index contributed by atoms with van der Waals surface area (Å²) in [4.78, 5) is 4.63. The third kappa shape index (κ3) is 3.22. The Hall–Kier alpha value is -3.29. The zero-order chi connectivity index (χ0) is 22.5. The molecular formula is C25H18ClFN4OS. The van der Waals surface area contributed by atoms with Gasteiger partial charge in [0.2, 0.25) is 11.1 Å². The number of thioether (sulfide) groups is 1. The van der Waals surface area contributed by atoms with E-state index in [2.05, 4.69) is 15.4 Å². The van der Waals surface area contributed by atoms with E-state index in [0.29, 0.717) is 21.7 Å². The van der Waals surface area contributed by atoms with E-state index in [1.54, 1.807) is 16.8 Å². The minimum Gasteiger partial charge on any atom is -0.480 e. The number of para-hydroxylation sites is 1. The van der Waals surface area contributed by atoms with Crippen LogP contribution < -0.4 is 10.1 Å². The lowest BCUT2D eigenvalue weighted by molar-refractivity contribution is 0.222. The molecule has 0 aliphatic carbocycles. The maximum Gasteiger partial charge on any atom is 0.227 e. The van der Waals surface area contributed by atoms with Gasteiger partial charge in [-0.25, -0.2) is 9.07 Å². The maximum atomic E-state index is 15.2. The predicted molar refractivity (Wildman–Crippen MR) is 128 cm³/mol. The van der Waals surface area contributed by atoms with Crippen molar-refractivity contribution in [2.24, 2.45) is 0 Å². The number of nitrogens with zero attached hydrogens (tertiary/aromatic N) is 3. The summed E-state index contributed by atoms with van der Waals surface area (Å²) in [6.07, 6.45) is 1.37. The largest absolute Gasteiger partial charge is 0.480 e. The molecule has 0 unspecified atom stereocenters. The molecule has 0 fully saturated rings. The second kappa shape index (κ2) is 7.93. The third-order valence-corrected chi connectivity index (χ3v) is 6.81. The van der Waals surface area contributed by atoms with Crippen molar-refractivity contribution in [2.75, 3.05) is 11.6 Å². The van der Waals surface area contributed by atoms with Crippen LogP contribution in [-0.2, 0) is 0 Å². The number of nitrogens with one attached hydrogen (secondary N) is 1. The Morgan fingerprint density at radius 2 is 1.73 bits per heavy atom. The highest BCUT2D eigenvalue weighted by Gasteiger charge is 2.42. The van der Waals surface area contributed by atoms with E-state index in [0.717, 1.165) is 28.1 Å². The zero-order valence-corrected chi connectivity index (χ0v) is 19.1. The van der Waals surface area contributed by atoms with Gasteiger partial charge in [-0.3, -0.25) is 0 Å². The Bertz CT molecular complexity index is 1420. The van der Waals surface area contributed by atoms with Gasteiger partial charge in [0.15, 0.2) is 6.10 Å².